The molecule has 2 N–H and O–H groups in total. The molecule has 0 aliphatic rings. The number of rotatable bonds is 3. The number of urea groups is 1. The molecule has 3 aromatic rings. The maximum Gasteiger partial charge on any atom is 0.325 e. The van der Waals surface area contributed by atoms with Crippen molar-refractivity contribution in [2.24, 2.45) is 0 Å². The molecule has 128 valence electrons. The normalized spacial score (nSPS) is 10.6. The van der Waals surface area contributed by atoms with Gasteiger partial charge in [0.15, 0.2) is 5.13 Å². The summed E-state index contributed by atoms with van der Waals surface area (Å²) in [6.07, 6.45) is 0. The average molecular weight is 372 g/mol. The zero-order chi connectivity index (χ0) is 18.0. The molecule has 0 bridgehead atoms. The number of carbonyl (C=O) groups excluding carboxylic acids is 1. The summed E-state index contributed by atoms with van der Waals surface area (Å²) in [4.78, 5) is 17.8. The van der Waals surface area contributed by atoms with Gasteiger partial charge in [-0.25, -0.2) is 9.78 Å². The lowest BCUT2D eigenvalue weighted by Gasteiger charge is -2.05. The second-order valence-electron chi connectivity index (χ2n) is 5.81. The first-order valence-corrected chi connectivity index (χ1v) is 9.00. The second-order valence-corrected chi connectivity index (χ2v) is 7.45. The highest BCUT2D eigenvalue weighted by Gasteiger charge is 2.13. The number of anilines is 2. The third-order valence-electron chi connectivity index (χ3n) is 3.88. The van der Waals surface area contributed by atoms with Crippen LogP contribution in [0.15, 0.2) is 42.5 Å². The van der Waals surface area contributed by atoms with Gasteiger partial charge in [-0.15, -0.1) is 11.3 Å². The molecule has 0 aliphatic carbocycles. The summed E-state index contributed by atoms with van der Waals surface area (Å²) in [5.41, 5.74) is 5.05. The molecule has 1 aromatic heterocycles. The Kier molecular flexibility index (Phi) is 5.06. The predicted octanol–water partition coefficient (Wildman–Crippen LogP) is 6.03. The summed E-state index contributed by atoms with van der Waals surface area (Å²) in [6, 6.07) is 12.9. The molecule has 1 heterocycles. The molecular weight excluding hydrogens is 354 g/mol. The molecule has 0 atom stereocenters. The van der Waals surface area contributed by atoms with E-state index in [4.69, 9.17) is 11.6 Å². The zero-order valence-corrected chi connectivity index (χ0v) is 15.8. The predicted molar refractivity (Wildman–Crippen MR) is 106 cm³/mol. The lowest BCUT2D eigenvalue weighted by Crippen LogP contribution is -2.19. The van der Waals surface area contributed by atoms with E-state index in [2.05, 4.69) is 47.7 Å². The summed E-state index contributed by atoms with van der Waals surface area (Å²) in [5, 5.41) is 6.66. The van der Waals surface area contributed by atoms with E-state index >= 15 is 0 Å². The molecule has 2 amide bonds. The molecule has 0 aliphatic heterocycles. The van der Waals surface area contributed by atoms with Gasteiger partial charge in [-0.05, 0) is 56.2 Å². The van der Waals surface area contributed by atoms with Crippen LogP contribution in [0.4, 0.5) is 15.6 Å². The van der Waals surface area contributed by atoms with Gasteiger partial charge in [0.1, 0.15) is 0 Å². The summed E-state index contributed by atoms with van der Waals surface area (Å²) in [5.74, 6) is 0. The van der Waals surface area contributed by atoms with Crippen LogP contribution in [0, 0.1) is 20.8 Å². The Labute approximate surface area is 155 Å². The highest BCUT2D eigenvalue weighted by Crippen LogP contribution is 2.31. The van der Waals surface area contributed by atoms with Crippen molar-refractivity contribution in [2.45, 2.75) is 20.8 Å². The van der Waals surface area contributed by atoms with Gasteiger partial charge >= 0.3 is 6.03 Å². The molecular formula is C19H18ClN3OS. The van der Waals surface area contributed by atoms with Crippen molar-refractivity contribution in [2.75, 3.05) is 10.6 Å². The number of nitrogens with zero attached hydrogens (tertiary/aromatic N) is 1. The van der Waals surface area contributed by atoms with Gasteiger partial charge in [-0.3, -0.25) is 5.32 Å². The van der Waals surface area contributed by atoms with Crippen LogP contribution < -0.4 is 10.6 Å². The number of thiazole rings is 1. The van der Waals surface area contributed by atoms with E-state index in [1.165, 1.54) is 22.5 Å². The topological polar surface area (TPSA) is 54.0 Å². The van der Waals surface area contributed by atoms with Crippen LogP contribution >= 0.6 is 22.9 Å². The Hall–Kier alpha value is -2.37. The van der Waals surface area contributed by atoms with E-state index in [-0.39, 0.29) is 6.03 Å². The number of hydrogen-bond acceptors (Lipinski definition) is 3. The number of hydrogen-bond donors (Lipinski definition) is 2. The lowest BCUT2D eigenvalue weighted by atomic mass is 10.0. The standard InChI is InChI=1S/C19H18ClN3OS/c1-11-7-8-14(9-12(11)2)17-13(3)25-19(22-17)23-18(24)21-16-6-4-5-15(20)10-16/h4-10H,1-3H3,(H2,21,22,23,24). The molecule has 0 fully saturated rings. The van der Waals surface area contributed by atoms with Crippen molar-refractivity contribution in [3.05, 3.63) is 63.5 Å². The Morgan fingerprint density at radius 1 is 1.04 bits per heavy atom. The number of nitrogens with one attached hydrogen (secondary N) is 2. The van der Waals surface area contributed by atoms with E-state index in [1.807, 2.05) is 6.92 Å². The van der Waals surface area contributed by atoms with Crippen molar-refractivity contribution in [1.29, 1.82) is 0 Å². The van der Waals surface area contributed by atoms with Gasteiger partial charge < -0.3 is 5.32 Å². The van der Waals surface area contributed by atoms with Crippen LogP contribution in [-0.2, 0) is 0 Å². The molecule has 0 saturated carbocycles. The molecule has 2 aromatic carbocycles. The van der Waals surface area contributed by atoms with Crippen molar-refractivity contribution < 1.29 is 4.79 Å². The fourth-order valence-corrected chi connectivity index (χ4v) is 3.45. The Morgan fingerprint density at radius 2 is 1.84 bits per heavy atom. The maximum absolute atomic E-state index is 12.2. The highest BCUT2D eigenvalue weighted by atomic mass is 35.5. The third kappa shape index (κ3) is 4.18. The van der Waals surface area contributed by atoms with E-state index in [0.29, 0.717) is 15.8 Å². The van der Waals surface area contributed by atoms with Gasteiger partial charge in [0.05, 0.1) is 5.69 Å². The minimum absolute atomic E-state index is 0.345. The van der Waals surface area contributed by atoms with Gasteiger partial charge in [-0.1, -0.05) is 29.8 Å². The van der Waals surface area contributed by atoms with Crippen LogP contribution in [0.5, 0.6) is 0 Å². The molecule has 6 heteroatoms. The van der Waals surface area contributed by atoms with Crippen molar-refractivity contribution in [3.8, 4) is 11.3 Å². The number of benzene rings is 2. The average Bonchev–Trinajstić information content (AvgIpc) is 2.90. The van der Waals surface area contributed by atoms with Crippen LogP contribution in [0.2, 0.25) is 5.02 Å². The van der Waals surface area contributed by atoms with E-state index in [0.717, 1.165) is 16.1 Å². The number of aromatic nitrogens is 1. The van der Waals surface area contributed by atoms with Crippen LogP contribution in [0.3, 0.4) is 0 Å². The number of halogens is 1. The van der Waals surface area contributed by atoms with Crippen molar-refractivity contribution in [3.63, 3.8) is 0 Å². The second kappa shape index (κ2) is 7.25. The van der Waals surface area contributed by atoms with Crippen molar-refractivity contribution >= 4 is 39.8 Å². The molecule has 0 radical (unpaired) electrons. The number of carbonyl (C=O) groups is 1. The zero-order valence-electron chi connectivity index (χ0n) is 14.2. The summed E-state index contributed by atoms with van der Waals surface area (Å²) in [6.45, 7) is 6.17. The number of aryl methyl sites for hydroxylation is 3. The van der Waals surface area contributed by atoms with Crippen molar-refractivity contribution in [1.82, 2.24) is 4.98 Å². The lowest BCUT2D eigenvalue weighted by molar-refractivity contribution is 0.262. The summed E-state index contributed by atoms with van der Waals surface area (Å²) in [7, 11) is 0. The SMILES string of the molecule is Cc1ccc(-c2nc(NC(=O)Nc3cccc(Cl)c3)sc2C)cc1C. The molecule has 0 unspecified atom stereocenters. The minimum atomic E-state index is -0.345. The Bertz CT molecular complexity index is 936. The highest BCUT2D eigenvalue weighted by molar-refractivity contribution is 7.16. The fraction of sp³-hybridized carbons (Fsp3) is 0.158. The van der Waals surface area contributed by atoms with Gasteiger partial charge in [0, 0.05) is 21.2 Å². The monoisotopic (exact) mass is 371 g/mol. The first-order valence-electron chi connectivity index (χ1n) is 7.81. The first kappa shape index (κ1) is 17.5. The molecule has 4 nitrogen and oxygen atoms in total. The maximum atomic E-state index is 12.2. The van der Waals surface area contributed by atoms with Crippen LogP contribution in [0.25, 0.3) is 11.3 Å². The molecule has 0 saturated heterocycles. The Morgan fingerprint density at radius 3 is 2.56 bits per heavy atom. The minimum Gasteiger partial charge on any atom is -0.308 e. The largest absolute Gasteiger partial charge is 0.325 e. The van der Waals surface area contributed by atoms with Gasteiger partial charge in [0.25, 0.3) is 0 Å². The van der Waals surface area contributed by atoms with E-state index in [1.54, 1.807) is 24.3 Å². The van der Waals surface area contributed by atoms with Gasteiger partial charge in [-0.2, -0.15) is 0 Å². The third-order valence-corrected chi connectivity index (χ3v) is 5.00. The smallest absolute Gasteiger partial charge is 0.308 e. The fourth-order valence-electron chi connectivity index (χ4n) is 2.43. The summed E-state index contributed by atoms with van der Waals surface area (Å²) >= 11 is 7.37. The van der Waals surface area contributed by atoms with E-state index < -0.39 is 0 Å². The number of amides is 2. The summed E-state index contributed by atoms with van der Waals surface area (Å²) < 4.78 is 0. The molecule has 0 spiro atoms. The molecule has 3 rings (SSSR count). The van der Waals surface area contributed by atoms with Gasteiger partial charge in [0.2, 0.25) is 0 Å². The molecule has 25 heavy (non-hydrogen) atoms. The quantitative estimate of drug-likeness (QED) is 0.590. The van der Waals surface area contributed by atoms with E-state index in [9.17, 15) is 4.79 Å². The Balaban J connectivity index is 1.75. The van der Waals surface area contributed by atoms with Crippen LogP contribution in [0.1, 0.15) is 16.0 Å². The van der Waals surface area contributed by atoms with Crippen LogP contribution in [-0.4, -0.2) is 11.0 Å². The first-order chi connectivity index (χ1) is 11.9.